The third kappa shape index (κ3) is 6.51. The highest BCUT2D eigenvalue weighted by Crippen LogP contribution is 2.27. The van der Waals surface area contributed by atoms with Gasteiger partial charge in [-0.05, 0) is 38.6 Å². The number of halogens is 2. The average Bonchev–Trinajstić information content (AvgIpc) is 2.55. The third-order valence-electron chi connectivity index (χ3n) is 4.87. The molecule has 0 unspecified atom stereocenters. The van der Waals surface area contributed by atoms with Gasteiger partial charge in [0.25, 0.3) is 5.92 Å². The summed E-state index contributed by atoms with van der Waals surface area (Å²) in [5.74, 6) is -2.13. The number of hydrogen-bond acceptors (Lipinski definition) is 3. The molecule has 132 valence electrons. The number of carbonyl (C=O) groups is 1. The Bertz CT molecular complexity index is 399. The van der Waals surface area contributed by atoms with Crippen molar-refractivity contribution in [1.82, 2.24) is 15.5 Å². The summed E-state index contributed by atoms with van der Waals surface area (Å²) in [5, 5.41) is 6.01. The first-order valence-corrected chi connectivity index (χ1v) is 8.58. The summed E-state index contributed by atoms with van der Waals surface area (Å²) >= 11 is 0. The number of carbonyl (C=O) groups excluding carboxylic acids is 1. The molecule has 23 heavy (non-hydrogen) atoms. The highest BCUT2D eigenvalue weighted by molar-refractivity contribution is 5.84. The largest absolute Gasteiger partial charge is 0.340 e. The summed E-state index contributed by atoms with van der Waals surface area (Å²) in [6, 6.07) is 0.258. The number of nitrogens with zero attached hydrogens (tertiary/aromatic N) is 2. The van der Waals surface area contributed by atoms with Crippen molar-refractivity contribution in [3.63, 3.8) is 0 Å². The van der Waals surface area contributed by atoms with Crippen molar-refractivity contribution in [2.24, 2.45) is 10.9 Å². The number of hydrogen-bond donors (Lipinski definition) is 2. The van der Waals surface area contributed by atoms with E-state index in [0.717, 1.165) is 25.7 Å². The standard InChI is InChI=1S/C16H28F2N4O/c1-19-14-4-2-13(3-5-14)12-21-15(23)20-8-11-22-9-6-16(17,18)7-10-22/h12-14,19H,2-11H2,1H3,(H,20,23)/b21-12+. The van der Waals surface area contributed by atoms with Crippen molar-refractivity contribution in [3.05, 3.63) is 0 Å². The van der Waals surface area contributed by atoms with Crippen molar-refractivity contribution < 1.29 is 13.6 Å². The van der Waals surface area contributed by atoms with E-state index in [0.29, 0.717) is 38.1 Å². The summed E-state index contributed by atoms with van der Waals surface area (Å²) in [6.07, 6.45) is 5.95. The smallest absolute Gasteiger partial charge is 0.335 e. The van der Waals surface area contributed by atoms with Crippen molar-refractivity contribution in [1.29, 1.82) is 0 Å². The minimum atomic E-state index is -2.52. The lowest BCUT2D eigenvalue weighted by molar-refractivity contribution is -0.0546. The van der Waals surface area contributed by atoms with Gasteiger partial charge in [0.1, 0.15) is 0 Å². The number of urea groups is 1. The summed E-state index contributed by atoms with van der Waals surface area (Å²) in [7, 11) is 1.98. The first kappa shape index (κ1) is 18.3. The van der Waals surface area contributed by atoms with E-state index in [1.807, 2.05) is 11.9 Å². The molecule has 1 aliphatic carbocycles. The molecule has 5 nitrogen and oxygen atoms in total. The molecular weight excluding hydrogens is 302 g/mol. The van der Waals surface area contributed by atoms with Gasteiger partial charge in [0.05, 0.1) is 0 Å². The van der Waals surface area contributed by atoms with E-state index in [4.69, 9.17) is 0 Å². The van der Waals surface area contributed by atoms with E-state index < -0.39 is 5.92 Å². The molecule has 7 heteroatoms. The van der Waals surface area contributed by atoms with Crippen molar-refractivity contribution >= 4 is 12.2 Å². The lowest BCUT2D eigenvalue weighted by Crippen LogP contribution is -2.42. The molecule has 0 bridgehead atoms. The lowest BCUT2D eigenvalue weighted by Gasteiger charge is -2.31. The van der Waals surface area contributed by atoms with Gasteiger partial charge in [0.2, 0.25) is 0 Å². The Morgan fingerprint density at radius 3 is 2.52 bits per heavy atom. The Morgan fingerprint density at radius 2 is 1.91 bits per heavy atom. The summed E-state index contributed by atoms with van der Waals surface area (Å²) in [6.45, 7) is 1.83. The van der Waals surface area contributed by atoms with E-state index in [2.05, 4.69) is 15.6 Å². The number of aliphatic imine (C=N–C) groups is 1. The molecule has 0 aromatic rings. The summed E-state index contributed by atoms with van der Waals surface area (Å²) in [4.78, 5) is 17.6. The second kappa shape index (κ2) is 8.68. The van der Waals surface area contributed by atoms with Crippen LogP contribution in [0.1, 0.15) is 38.5 Å². The zero-order valence-electron chi connectivity index (χ0n) is 13.9. The van der Waals surface area contributed by atoms with Gasteiger partial charge in [-0.3, -0.25) is 0 Å². The molecule has 2 N–H and O–H groups in total. The van der Waals surface area contributed by atoms with Crippen LogP contribution >= 0.6 is 0 Å². The lowest BCUT2D eigenvalue weighted by atomic mass is 9.87. The molecule has 0 atom stereocenters. The van der Waals surface area contributed by atoms with Crippen LogP contribution in [0.5, 0.6) is 0 Å². The van der Waals surface area contributed by atoms with Crippen LogP contribution in [-0.2, 0) is 0 Å². The van der Waals surface area contributed by atoms with E-state index in [-0.39, 0.29) is 18.9 Å². The normalized spacial score (nSPS) is 28.8. The number of amides is 2. The first-order valence-electron chi connectivity index (χ1n) is 8.58. The maximum absolute atomic E-state index is 13.0. The Hall–Kier alpha value is -1.08. The number of piperidine rings is 1. The van der Waals surface area contributed by atoms with Crippen molar-refractivity contribution in [2.75, 3.05) is 33.2 Å². The maximum atomic E-state index is 13.0. The van der Waals surface area contributed by atoms with Gasteiger partial charge in [-0.2, -0.15) is 0 Å². The second-order valence-electron chi connectivity index (χ2n) is 6.61. The Labute approximate surface area is 136 Å². The van der Waals surface area contributed by atoms with Crippen LogP contribution in [0.25, 0.3) is 0 Å². The summed E-state index contributed by atoms with van der Waals surface area (Å²) in [5.41, 5.74) is 0. The van der Waals surface area contributed by atoms with Gasteiger partial charge in [0, 0.05) is 51.3 Å². The fourth-order valence-electron chi connectivity index (χ4n) is 3.20. The van der Waals surface area contributed by atoms with Gasteiger partial charge in [-0.15, -0.1) is 0 Å². The van der Waals surface area contributed by atoms with Gasteiger partial charge in [0.15, 0.2) is 0 Å². The number of alkyl halides is 2. The fraction of sp³-hybridized carbons (Fsp3) is 0.875. The third-order valence-corrected chi connectivity index (χ3v) is 4.87. The van der Waals surface area contributed by atoms with Gasteiger partial charge in [-0.25, -0.2) is 18.6 Å². The van der Waals surface area contributed by atoms with Crippen LogP contribution in [0.2, 0.25) is 0 Å². The molecule has 2 rings (SSSR count). The SMILES string of the molecule is CNC1CCC(/C=N/C(=O)NCCN2CCC(F)(F)CC2)CC1. The molecule has 0 aromatic heterocycles. The van der Waals surface area contributed by atoms with E-state index in [1.165, 1.54) is 0 Å². The molecule has 1 saturated heterocycles. The van der Waals surface area contributed by atoms with Crippen LogP contribution in [0.3, 0.4) is 0 Å². The fourth-order valence-corrected chi connectivity index (χ4v) is 3.20. The van der Waals surface area contributed by atoms with E-state index in [1.54, 1.807) is 6.21 Å². The Morgan fingerprint density at radius 1 is 1.26 bits per heavy atom. The predicted molar refractivity (Wildman–Crippen MR) is 87.3 cm³/mol. The molecule has 0 spiro atoms. The molecule has 0 aromatic carbocycles. The predicted octanol–water partition coefficient (Wildman–Crippen LogP) is 2.28. The quantitative estimate of drug-likeness (QED) is 0.761. The molecule has 2 fully saturated rings. The van der Waals surface area contributed by atoms with Crippen LogP contribution < -0.4 is 10.6 Å². The minimum Gasteiger partial charge on any atom is -0.335 e. The first-order chi connectivity index (χ1) is 11.0. The number of rotatable bonds is 5. The van der Waals surface area contributed by atoms with Crippen LogP contribution in [0.4, 0.5) is 13.6 Å². The highest BCUT2D eigenvalue weighted by atomic mass is 19.3. The maximum Gasteiger partial charge on any atom is 0.340 e. The monoisotopic (exact) mass is 330 g/mol. The van der Waals surface area contributed by atoms with E-state index >= 15 is 0 Å². The minimum absolute atomic E-state index is 0.0889. The van der Waals surface area contributed by atoms with Crippen molar-refractivity contribution in [3.8, 4) is 0 Å². The highest BCUT2D eigenvalue weighted by Gasteiger charge is 2.33. The second-order valence-corrected chi connectivity index (χ2v) is 6.61. The van der Waals surface area contributed by atoms with E-state index in [9.17, 15) is 13.6 Å². The summed E-state index contributed by atoms with van der Waals surface area (Å²) < 4.78 is 26.1. The number of nitrogens with one attached hydrogen (secondary N) is 2. The Balaban J connectivity index is 1.57. The number of likely N-dealkylation sites (tertiary alicyclic amines) is 1. The molecule has 2 amide bonds. The molecule has 1 saturated carbocycles. The molecular formula is C16H28F2N4O. The molecule has 2 aliphatic rings. The van der Waals surface area contributed by atoms with Crippen LogP contribution in [0.15, 0.2) is 4.99 Å². The average molecular weight is 330 g/mol. The van der Waals surface area contributed by atoms with Crippen LogP contribution in [-0.4, -0.2) is 62.3 Å². The Kier molecular flexibility index (Phi) is 6.89. The van der Waals surface area contributed by atoms with Gasteiger partial charge in [-0.1, -0.05) is 0 Å². The van der Waals surface area contributed by atoms with Crippen molar-refractivity contribution in [2.45, 2.75) is 50.5 Å². The van der Waals surface area contributed by atoms with Gasteiger partial charge < -0.3 is 15.5 Å². The van der Waals surface area contributed by atoms with Gasteiger partial charge >= 0.3 is 6.03 Å². The molecule has 0 radical (unpaired) electrons. The zero-order chi connectivity index (χ0) is 16.7. The van der Waals surface area contributed by atoms with Crippen LogP contribution in [0, 0.1) is 5.92 Å². The molecule has 1 heterocycles. The topological polar surface area (TPSA) is 56.7 Å². The zero-order valence-corrected chi connectivity index (χ0v) is 13.9. The molecule has 1 aliphatic heterocycles.